The first kappa shape index (κ1) is 18.0. The van der Waals surface area contributed by atoms with E-state index in [9.17, 15) is 9.59 Å². The fourth-order valence-corrected chi connectivity index (χ4v) is 1.91. The molecule has 0 aliphatic carbocycles. The molecule has 0 bridgehead atoms. The normalized spacial score (nSPS) is 10.7. The Morgan fingerprint density at radius 2 is 1.32 bits per heavy atom. The molecule has 0 N–H and O–H groups in total. The van der Waals surface area contributed by atoms with Crippen molar-refractivity contribution in [2.45, 2.75) is 46.8 Å². The van der Waals surface area contributed by atoms with Crippen molar-refractivity contribution in [2.24, 2.45) is 0 Å². The zero-order valence-corrected chi connectivity index (χ0v) is 14.0. The molecule has 0 saturated carbocycles. The summed E-state index contributed by atoms with van der Waals surface area (Å²) in [4.78, 5) is 25.4. The highest BCUT2D eigenvalue weighted by Gasteiger charge is 2.18. The van der Waals surface area contributed by atoms with Gasteiger partial charge in [0.05, 0.1) is 12.2 Å². The lowest BCUT2D eigenvalue weighted by molar-refractivity contribution is -0.146. The van der Waals surface area contributed by atoms with Crippen molar-refractivity contribution in [3.8, 4) is 0 Å². The highest BCUT2D eigenvalue weighted by Crippen LogP contribution is 2.15. The van der Waals surface area contributed by atoms with Gasteiger partial charge in [0.15, 0.2) is 0 Å². The molecule has 22 heavy (non-hydrogen) atoms. The summed E-state index contributed by atoms with van der Waals surface area (Å²) in [6, 6.07) is 7.62. The summed E-state index contributed by atoms with van der Waals surface area (Å²) >= 11 is 0. The second kappa shape index (κ2) is 8.41. The van der Waals surface area contributed by atoms with Crippen LogP contribution in [0.25, 0.3) is 0 Å². The monoisotopic (exact) mass is 307 g/mol. The van der Waals surface area contributed by atoms with E-state index >= 15 is 0 Å². The zero-order valence-electron chi connectivity index (χ0n) is 14.0. The molecule has 0 spiro atoms. The minimum Gasteiger partial charge on any atom is -0.462 e. The number of ether oxygens (including phenoxy) is 2. The number of benzene rings is 1. The lowest BCUT2D eigenvalue weighted by atomic mass is 10.2. The molecule has 122 valence electrons. The molecule has 0 aromatic heterocycles. The molecule has 0 unspecified atom stereocenters. The Hall–Kier alpha value is -2.04. The van der Waals surface area contributed by atoms with Gasteiger partial charge in [-0.05, 0) is 46.8 Å². The Kier molecular flexibility index (Phi) is 6.89. The van der Waals surface area contributed by atoms with Gasteiger partial charge in [0.25, 0.3) is 0 Å². The molecule has 0 aliphatic heterocycles. The molecule has 1 rings (SSSR count). The van der Waals surface area contributed by atoms with Crippen molar-refractivity contribution in [3.05, 3.63) is 29.8 Å². The standard InChI is InChI=1S/C17H25NO4/c1-12(2)21-16(19)10-18(11-17(20)22-13(3)4)15-8-6-14(5)7-9-15/h6-9,12-13H,10-11H2,1-5H3. The van der Waals surface area contributed by atoms with E-state index in [4.69, 9.17) is 9.47 Å². The molecule has 0 atom stereocenters. The van der Waals surface area contributed by atoms with Crippen LogP contribution in [0.4, 0.5) is 5.69 Å². The Balaban J connectivity index is 2.82. The van der Waals surface area contributed by atoms with Crippen molar-refractivity contribution in [2.75, 3.05) is 18.0 Å². The smallest absolute Gasteiger partial charge is 0.325 e. The third kappa shape index (κ3) is 6.61. The van der Waals surface area contributed by atoms with E-state index in [2.05, 4.69) is 0 Å². The van der Waals surface area contributed by atoms with Gasteiger partial charge in [-0.3, -0.25) is 9.59 Å². The van der Waals surface area contributed by atoms with Gasteiger partial charge in [-0.15, -0.1) is 0 Å². The maximum atomic E-state index is 11.9. The number of hydrogen-bond donors (Lipinski definition) is 0. The van der Waals surface area contributed by atoms with Gasteiger partial charge >= 0.3 is 11.9 Å². The SMILES string of the molecule is Cc1ccc(N(CC(=O)OC(C)C)CC(=O)OC(C)C)cc1. The van der Waals surface area contributed by atoms with E-state index in [1.54, 1.807) is 32.6 Å². The van der Waals surface area contributed by atoms with Gasteiger partial charge in [0.1, 0.15) is 13.1 Å². The van der Waals surface area contributed by atoms with Crippen LogP contribution in [-0.2, 0) is 19.1 Å². The van der Waals surface area contributed by atoms with Crippen LogP contribution in [0, 0.1) is 6.92 Å². The number of anilines is 1. The summed E-state index contributed by atoms with van der Waals surface area (Å²) in [6.45, 7) is 9.17. The Labute approximate surface area is 132 Å². The summed E-state index contributed by atoms with van der Waals surface area (Å²) in [7, 11) is 0. The molecule has 5 nitrogen and oxygen atoms in total. The van der Waals surface area contributed by atoms with E-state index < -0.39 is 0 Å². The Bertz CT molecular complexity index is 470. The number of carbonyl (C=O) groups is 2. The number of aryl methyl sites for hydroxylation is 1. The molecule has 0 fully saturated rings. The molecule has 0 radical (unpaired) electrons. The molecular formula is C17H25NO4. The molecular weight excluding hydrogens is 282 g/mol. The molecule has 0 heterocycles. The quantitative estimate of drug-likeness (QED) is 0.725. The molecule has 5 heteroatoms. The number of hydrogen-bond acceptors (Lipinski definition) is 5. The predicted octanol–water partition coefficient (Wildman–Crippen LogP) is 2.70. The first-order chi connectivity index (χ1) is 10.3. The predicted molar refractivity (Wildman–Crippen MR) is 85.8 cm³/mol. The van der Waals surface area contributed by atoms with Gasteiger partial charge in [-0.25, -0.2) is 0 Å². The van der Waals surface area contributed by atoms with Crippen molar-refractivity contribution >= 4 is 17.6 Å². The van der Waals surface area contributed by atoms with Gasteiger partial charge in [-0.1, -0.05) is 17.7 Å². The average Bonchev–Trinajstić information content (AvgIpc) is 2.36. The lowest BCUT2D eigenvalue weighted by Crippen LogP contribution is -2.37. The van der Waals surface area contributed by atoms with Crippen LogP contribution in [0.2, 0.25) is 0 Å². The van der Waals surface area contributed by atoms with E-state index in [0.29, 0.717) is 0 Å². The second-order valence-corrected chi connectivity index (χ2v) is 5.77. The fraction of sp³-hybridized carbons (Fsp3) is 0.529. The second-order valence-electron chi connectivity index (χ2n) is 5.77. The largest absolute Gasteiger partial charge is 0.462 e. The van der Waals surface area contributed by atoms with Gasteiger partial charge < -0.3 is 14.4 Å². The van der Waals surface area contributed by atoms with Crippen LogP contribution in [0.15, 0.2) is 24.3 Å². The molecule has 1 aromatic carbocycles. The minimum atomic E-state index is -0.368. The van der Waals surface area contributed by atoms with Gasteiger partial charge in [-0.2, -0.15) is 0 Å². The van der Waals surface area contributed by atoms with E-state index in [0.717, 1.165) is 11.3 Å². The van der Waals surface area contributed by atoms with E-state index in [1.807, 2.05) is 31.2 Å². The first-order valence-corrected chi connectivity index (χ1v) is 7.48. The van der Waals surface area contributed by atoms with Crippen LogP contribution in [-0.4, -0.2) is 37.2 Å². The van der Waals surface area contributed by atoms with Crippen molar-refractivity contribution < 1.29 is 19.1 Å². The van der Waals surface area contributed by atoms with Crippen LogP contribution in [0.1, 0.15) is 33.3 Å². The van der Waals surface area contributed by atoms with Gasteiger partial charge in [0, 0.05) is 5.69 Å². The number of esters is 2. The number of rotatable bonds is 7. The Morgan fingerprint density at radius 1 is 0.909 bits per heavy atom. The van der Waals surface area contributed by atoms with Crippen LogP contribution < -0.4 is 4.90 Å². The summed E-state index contributed by atoms with van der Waals surface area (Å²) in [6.07, 6.45) is -0.370. The highest BCUT2D eigenvalue weighted by atomic mass is 16.5. The summed E-state index contributed by atoms with van der Waals surface area (Å²) in [5.41, 5.74) is 1.89. The molecule has 0 aliphatic rings. The van der Waals surface area contributed by atoms with Crippen molar-refractivity contribution in [3.63, 3.8) is 0 Å². The maximum absolute atomic E-state index is 11.9. The van der Waals surface area contributed by atoms with Crippen molar-refractivity contribution in [1.82, 2.24) is 0 Å². The van der Waals surface area contributed by atoms with Crippen LogP contribution in [0.5, 0.6) is 0 Å². The summed E-state index contributed by atoms with van der Waals surface area (Å²) in [5, 5.41) is 0. The van der Waals surface area contributed by atoms with Crippen LogP contribution in [0.3, 0.4) is 0 Å². The van der Waals surface area contributed by atoms with Gasteiger partial charge in [0.2, 0.25) is 0 Å². The number of carbonyl (C=O) groups excluding carboxylic acids is 2. The van der Waals surface area contributed by atoms with E-state index in [1.165, 1.54) is 0 Å². The first-order valence-electron chi connectivity index (χ1n) is 7.48. The maximum Gasteiger partial charge on any atom is 0.325 e. The van der Waals surface area contributed by atoms with Crippen molar-refractivity contribution in [1.29, 1.82) is 0 Å². The topological polar surface area (TPSA) is 55.8 Å². The average molecular weight is 307 g/mol. The third-order valence-electron chi connectivity index (χ3n) is 2.77. The fourth-order valence-electron chi connectivity index (χ4n) is 1.91. The number of nitrogens with zero attached hydrogens (tertiary/aromatic N) is 1. The highest BCUT2D eigenvalue weighted by molar-refractivity contribution is 5.81. The van der Waals surface area contributed by atoms with Crippen LogP contribution >= 0.6 is 0 Å². The zero-order chi connectivity index (χ0) is 16.7. The third-order valence-corrected chi connectivity index (χ3v) is 2.77. The summed E-state index contributed by atoms with van der Waals surface area (Å²) < 4.78 is 10.3. The molecule has 1 aromatic rings. The van der Waals surface area contributed by atoms with E-state index in [-0.39, 0.29) is 37.2 Å². The minimum absolute atomic E-state index is 0.00837. The molecule has 0 saturated heterocycles. The summed E-state index contributed by atoms with van der Waals surface area (Å²) in [5.74, 6) is -0.735. The molecule has 0 amide bonds. The lowest BCUT2D eigenvalue weighted by Gasteiger charge is -2.24. The Morgan fingerprint density at radius 3 is 1.68 bits per heavy atom.